The molecule has 1 heterocycles. The molecule has 32 heavy (non-hydrogen) atoms. The van der Waals surface area contributed by atoms with Gasteiger partial charge in [-0.3, -0.25) is 9.59 Å². The van der Waals surface area contributed by atoms with Gasteiger partial charge in [-0.25, -0.2) is 4.39 Å². The van der Waals surface area contributed by atoms with Crippen molar-refractivity contribution in [2.24, 2.45) is 0 Å². The summed E-state index contributed by atoms with van der Waals surface area (Å²) >= 11 is 0. The lowest BCUT2D eigenvalue weighted by Crippen LogP contribution is -2.46. The van der Waals surface area contributed by atoms with Crippen molar-refractivity contribution in [1.29, 1.82) is 0 Å². The topological polar surface area (TPSA) is 77.1 Å². The molecule has 3 rings (SSSR count). The number of ether oxygens (including phenoxy) is 3. The maximum absolute atomic E-state index is 13.9. The lowest BCUT2D eigenvalue weighted by Gasteiger charge is -2.32. The average molecular weight is 442 g/mol. The van der Waals surface area contributed by atoms with Gasteiger partial charge in [0.05, 0.1) is 26.9 Å². The number of benzene rings is 2. The molecule has 0 saturated carbocycles. The van der Waals surface area contributed by atoms with E-state index in [9.17, 15) is 14.0 Å². The Morgan fingerprint density at radius 1 is 1.03 bits per heavy atom. The number of nitrogens with one attached hydrogen (secondary N) is 1. The Labute approximate surface area is 186 Å². The zero-order valence-corrected chi connectivity index (χ0v) is 18.4. The molecular formula is C24H27FN2O5. The highest BCUT2D eigenvalue weighted by atomic mass is 19.1. The number of halogens is 1. The number of likely N-dealkylation sites (tertiary alicyclic amines) is 1. The van der Waals surface area contributed by atoms with Crippen LogP contribution in [0, 0.1) is 5.82 Å². The van der Waals surface area contributed by atoms with E-state index >= 15 is 0 Å². The van der Waals surface area contributed by atoms with Gasteiger partial charge in [-0.05, 0) is 48.7 Å². The smallest absolute Gasteiger partial charge is 0.256 e. The van der Waals surface area contributed by atoms with Gasteiger partial charge >= 0.3 is 0 Å². The number of nitrogens with zero attached hydrogens (tertiary/aromatic N) is 1. The molecule has 170 valence electrons. The Hall–Kier alpha value is -3.55. The van der Waals surface area contributed by atoms with Gasteiger partial charge in [0, 0.05) is 25.2 Å². The number of carbonyl (C=O) groups is 2. The van der Waals surface area contributed by atoms with Gasteiger partial charge in [0.15, 0.2) is 11.5 Å². The molecule has 0 radical (unpaired) electrons. The third-order valence-corrected chi connectivity index (χ3v) is 5.35. The van der Waals surface area contributed by atoms with Crippen molar-refractivity contribution in [2.75, 3.05) is 34.4 Å². The minimum Gasteiger partial charge on any atom is -0.493 e. The molecular weight excluding hydrogens is 415 g/mol. The Morgan fingerprint density at radius 2 is 1.66 bits per heavy atom. The zero-order chi connectivity index (χ0) is 23.1. The lowest BCUT2D eigenvalue weighted by molar-refractivity contribution is -0.117. The Balaban J connectivity index is 1.56. The van der Waals surface area contributed by atoms with E-state index in [2.05, 4.69) is 5.32 Å². The zero-order valence-electron chi connectivity index (χ0n) is 18.4. The van der Waals surface area contributed by atoms with Crippen LogP contribution in [0.4, 0.5) is 4.39 Å². The van der Waals surface area contributed by atoms with Crippen molar-refractivity contribution < 1.29 is 28.2 Å². The third-order valence-electron chi connectivity index (χ3n) is 5.35. The molecule has 1 aliphatic rings. The van der Waals surface area contributed by atoms with Gasteiger partial charge in [0.1, 0.15) is 5.82 Å². The van der Waals surface area contributed by atoms with E-state index in [4.69, 9.17) is 14.2 Å². The number of methoxy groups -OCH3 is 3. The predicted octanol–water partition coefficient (Wildman–Crippen LogP) is 3.29. The first-order valence-corrected chi connectivity index (χ1v) is 10.3. The molecule has 1 aliphatic heterocycles. The van der Waals surface area contributed by atoms with Crippen LogP contribution in [0.2, 0.25) is 0 Å². The van der Waals surface area contributed by atoms with E-state index in [0.717, 1.165) is 5.56 Å². The Kier molecular flexibility index (Phi) is 7.70. The van der Waals surface area contributed by atoms with Crippen LogP contribution in [0.3, 0.4) is 0 Å². The van der Waals surface area contributed by atoms with E-state index in [1.165, 1.54) is 39.5 Å². The maximum atomic E-state index is 13.9. The van der Waals surface area contributed by atoms with Crippen molar-refractivity contribution in [3.63, 3.8) is 0 Å². The molecule has 8 heteroatoms. The third kappa shape index (κ3) is 5.38. The fourth-order valence-electron chi connectivity index (χ4n) is 3.65. The molecule has 2 amide bonds. The standard InChI is InChI=1S/C24H27FN2O5/c1-30-20-14-16(15-21(31-2)23(20)32-3)8-9-22(28)26-17-10-12-27(13-11-17)24(29)18-6-4-5-7-19(18)25/h4-9,14-15,17H,10-13H2,1-3H3,(H,26,28)/b9-8+. The van der Waals surface area contributed by atoms with Crippen LogP contribution < -0.4 is 19.5 Å². The van der Waals surface area contributed by atoms with Crippen LogP contribution in [-0.2, 0) is 4.79 Å². The highest BCUT2D eigenvalue weighted by Gasteiger charge is 2.25. The number of amides is 2. The van der Waals surface area contributed by atoms with Gasteiger partial charge in [-0.2, -0.15) is 0 Å². The Bertz CT molecular complexity index is 975. The largest absolute Gasteiger partial charge is 0.493 e. The van der Waals surface area contributed by atoms with Crippen molar-refractivity contribution in [2.45, 2.75) is 18.9 Å². The fraction of sp³-hybridized carbons (Fsp3) is 0.333. The quantitative estimate of drug-likeness (QED) is 0.666. The highest BCUT2D eigenvalue weighted by molar-refractivity contribution is 5.94. The van der Waals surface area contributed by atoms with Crippen molar-refractivity contribution >= 4 is 17.9 Å². The fourth-order valence-corrected chi connectivity index (χ4v) is 3.65. The van der Waals surface area contributed by atoms with Crippen LogP contribution in [0.15, 0.2) is 42.5 Å². The normalized spacial score (nSPS) is 14.3. The molecule has 0 unspecified atom stereocenters. The summed E-state index contributed by atoms with van der Waals surface area (Å²) in [5.74, 6) is 0.392. The molecule has 7 nitrogen and oxygen atoms in total. The summed E-state index contributed by atoms with van der Waals surface area (Å²) in [7, 11) is 4.58. The Morgan fingerprint density at radius 3 is 2.22 bits per heavy atom. The SMILES string of the molecule is COc1cc(/C=C/C(=O)NC2CCN(C(=O)c3ccccc3F)CC2)cc(OC)c1OC. The van der Waals surface area contributed by atoms with Crippen LogP contribution in [-0.4, -0.2) is 57.2 Å². The monoisotopic (exact) mass is 442 g/mol. The first-order chi connectivity index (χ1) is 15.5. The van der Waals surface area contributed by atoms with Crippen LogP contribution in [0.5, 0.6) is 17.2 Å². The minimum atomic E-state index is -0.523. The van der Waals surface area contributed by atoms with Crippen molar-refractivity contribution in [1.82, 2.24) is 10.2 Å². The molecule has 0 atom stereocenters. The molecule has 1 saturated heterocycles. The van der Waals surface area contributed by atoms with Crippen molar-refractivity contribution in [3.05, 3.63) is 59.4 Å². The van der Waals surface area contributed by atoms with Gasteiger partial charge in [0.2, 0.25) is 11.7 Å². The second-order valence-electron chi connectivity index (χ2n) is 7.35. The molecule has 0 aromatic heterocycles. The molecule has 1 fully saturated rings. The number of hydrogen-bond acceptors (Lipinski definition) is 5. The molecule has 2 aromatic rings. The molecule has 2 aromatic carbocycles. The van der Waals surface area contributed by atoms with Gasteiger partial charge in [-0.15, -0.1) is 0 Å². The van der Waals surface area contributed by atoms with Gasteiger partial charge in [0.25, 0.3) is 5.91 Å². The number of piperidine rings is 1. The molecule has 0 spiro atoms. The molecule has 1 N–H and O–H groups in total. The minimum absolute atomic E-state index is 0.0586. The number of rotatable bonds is 7. The number of hydrogen-bond donors (Lipinski definition) is 1. The summed E-state index contributed by atoms with van der Waals surface area (Å²) < 4.78 is 29.8. The average Bonchev–Trinajstić information content (AvgIpc) is 2.82. The lowest BCUT2D eigenvalue weighted by atomic mass is 10.0. The highest BCUT2D eigenvalue weighted by Crippen LogP contribution is 2.38. The van der Waals surface area contributed by atoms with E-state index in [1.54, 1.807) is 35.2 Å². The van der Waals surface area contributed by atoms with Crippen LogP contribution in [0.1, 0.15) is 28.8 Å². The first-order valence-electron chi connectivity index (χ1n) is 10.3. The van der Waals surface area contributed by atoms with E-state index in [-0.39, 0.29) is 23.4 Å². The van der Waals surface area contributed by atoms with E-state index < -0.39 is 5.82 Å². The molecule has 0 bridgehead atoms. The summed E-state index contributed by atoms with van der Waals surface area (Å²) in [4.78, 5) is 26.5. The summed E-state index contributed by atoms with van der Waals surface area (Å²) in [5.41, 5.74) is 0.795. The summed E-state index contributed by atoms with van der Waals surface area (Å²) in [6.45, 7) is 0.906. The van der Waals surface area contributed by atoms with E-state index in [0.29, 0.717) is 43.2 Å². The number of carbonyl (C=O) groups excluding carboxylic acids is 2. The van der Waals surface area contributed by atoms with E-state index in [1.807, 2.05) is 0 Å². The van der Waals surface area contributed by atoms with Gasteiger partial charge < -0.3 is 24.4 Å². The summed E-state index contributed by atoms with van der Waals surface area (Å²) in [6, 6.07) is 9.40. The first kappa shape index (κ1) is 23.1. The summed E-state index contributed by atoms with van der Waals surface area (Å²) in [6.07, 6.45) is 4.31. The molecule has 0 aliphatic carbocycles. The second kappa shape index (κ2) is 10.7. The predicted molar refractivity (Wildman–Crippen MR) is 119 cm³/mol. The summed E-state index contributed by atoms with van der Waals surface area (Å²) in [5, 5.41) is 2.95. The van der Waals surface area contributed by atoms with Crippen LogP contribution >= 0.6 is 0 Å². The second-order valence-corrected chi connectivity index (χ2v) is 7.35. The van der Waals surface area contributed by atoms with Gasteiger partial charge in [-0.1, -0.05) is 12.1 Å². The maximum Gasteiger partial charge on any atom is 0.256 e. The van der Waals surface area contributed by atoms with Crippen molar-refractivity contribution in [3.8, 4) is 17.2 Å². The van der Waals surface area contributed by atoms with Crippen LogP contribution in [0.25, 0.3) is 6.08 Å².